The van der Waals surface area contributed by atoms with Crippen molar-refractivity contribution in [2.75, 3.05) is 12.3 Å². The number of benzene rings is 6. The van der Waals surface area contributed by atoms with Crippen LogP contribution >= 0.6 is 38.0 Å². The van der Waals surface area contributed by atoms with Crippen LogP contribution in [-0.2, 0) is 0 Å². The van der Waals surface area contributed by atoms with Crippen LogP contribution in [0.2, 0.25) is 0 Å². The molecule has 0 nitrogen and oxygen atoms in total. The third kappa shape index (κ3) is 6.86. The molecule has 6 aromatic rings. The average Bonchev–Trinajstić information content (AvgIpc) is 3.18. The first-order chi connectivity index (χ1) is 23.4. The topological polar surface area (TPSA) is 0 Å². The van der Waals surface area contributed by atoms with Crippen LogP contribution in [0.4, 0.5) is 0 Å². The van der Waals surface area contributed by atoms with E-state index in [2.05, 4.69) is 211 Å². The molecule has 0 saturated heterocycles. The molecule has 6 aromatic carbocycles. The van der Waals surface area contributed by atoms with Crippen molar-refractivity contribution in [1.82, 2.24) is 0 Å². The van der Waals surface area contributed by atoms with Gasteiger partial charge in [0, 0.05) is 0 Å². The van der Waals surface area contributed by atoms with Gasteiger partial charge in [0.05, 0.1) is 0 Å². The first-order valence-corrected chi connectivity index (χ1v) is 25.0. The molecule has 0 radical (unpaired) electrons. The zero-order valence-electron chi connectivity index (χ0n) is 28.2. The Morgan fingerprint density at radius 2 is 0.604 bits per heavy atom. The standard InChI is InChI=1S/C22H24BrP.C22H24ClP/c2*1-2-3-19-24(23,20-13-7-4-8-14-20,21-15-9-5-10-16-21)22-17-11-6-12-18-22/h2*4-18H,2-3,19H2,1H3. The van der Waals surface area contributed by atoms with E-state index in [0.29, 0.717) is 0 Å². The van der Waals surface area contributed by atoms with Crippen molar-refractivity contribution in [2.45, 2.75) is 39.5 Å². The van der Waals surface area contributed by atoms with Crippen LogP contribution in [0, 0.1) is 0 Å². The maximum absolute atomic E-state index is 7.88. The first-order valence-electron chi connectivity index (χ1n) is 17.2. The minimum atomic E-state index is -2.98. The van der Waals surface area contributed by atoms with E-state index in [1.807, 2.05) is 0 Å². The molecule has 248 valence electrons. The summed E-state index contributed by atoms with van der Waals surface area (Å²) >= 11 is 12.3. The Labute approximate surface area is 302 Å². The Kier molecular flexibility index (Phi) is 12.2. The second-order valence-corrected chi connectivity index (χ2v) is 28.2. The molecule has 0 heterocycles. The predicted molar refractivity (Wildman–Crippen MR) is 225 cm³/mol. The molecule has 0 aliphatic rings. The molecule has 4 heteroatoms. The molecule has 0 aliphatic heterocycles. The van der Waals surface area contributed by atoms with E-state index in [0.717, 1.165) is 25.2 Å². The van der Waals surface area contributed by atoms with Crippen LogP contribution in [0.5, 0.6) is 0 Å². The molecule has 0 atom stereocenters. The second kappa shape index (κ2) is 16.1. The summed E-state index contributed by atoms with van der Waals surface area (Å²) in [5, 5.41) is 5.37. The SMILES string of the molecule is CCCCP(Br)(c1ccccc1)(c1ccccc1)c1ccccc1.CCCCP(Cl)(c1ccccc1)(c1ccccc1)c1ccccc1. The molecule has 0 aliphatic carbocycles. The number of hydrogen-bond donors (Lipinski definition) is 0. The van der Waals surface area contributed by atoms with Crippen molar-refractivity contribution in [2.24, 2.45) is 0 Å². The van der Waals surface area contributed by atoms with Gasteiger partial charge in [0.2, 0.25) is 0 Å². The molecule has 0 saturated carbocycles. The summed E-state index contributed by atoms with van der Waals surface area (Å²) in [6.45, 7) is 4.51. The average molecular weight is 754 g/mol. The summed E-state index contributed by atoms with van der Waals surface area (Å²) in [5.74, 6) is -2.98. The zero-order chi connectivity index (χ0) is 33.8. The van der Waals surface area contributed by atoms with Gasteiger partial charge in [0.15, 0.2) is 0 Å². The van der Waals surface area contributed by atoms with Gasteiger partial charge in [-0.3, -0.25) is 0 Å². The van der Waals surface area contributed by atoms with E-state index in [-0.39, 0.29) is 0 Å². The quantitative estimate of drug-likeness (QED) is 0.109. The van der Waals surface area contributed by atoms with Crippen LogP contribution in [0.15, 0.2) is 182 Å². The summed E-state index contributed by atoms with van der Waals surface area (Å²) < 4.78 is 0. The molecule has 0 fully saturated rings. The molecular formula is C44H48BrClP2. The Balaban J connectivity index is 0.000000188. The molecule has 0 bridgehead atoms. The van der Waals surface area contributed by atoms with Gasteiger partial charge in [-0.25, -0.2) is 0 Å². The monoisotopic (exact) mass is 752 g/mol. The van der Waals surface area contributed by atoms with Crippen LogP contribution in [0.25, 0.3) is 0 Å². The van der Waals surface area contributed by atoms with Gasteiger partial charge in [-0.15, -0.1) is 0 Å². The Morgan fingerprint density at radius 3 is 0.854 bits per heavy atom. The molecule has 6 rings (SSSR count). The second-order valence-electron chi connectivity index (χ2n) is 12.5. The normalized spacial score (nSPS) is 13.2. The van der Waals surface area contributed by atoms with Crippen LogP contribution < -0.4 is 31.8 Å². The summed E-state index contributed by atoms with van der Waals surface area (Å²) in [5.41, 5.74) is 0. The molecule has 0 unspecified atom stereocenters. The van der Waals surface area contributed by atoms with Crippen molar-refractivity contribution >= 4 is 69.8 Å². The zero-order valence-corrected chi connectivity index (χ0v) is 32.3. The van der Waals surface area contributed by atoms with Crippen LogP contribution in [0.1, 0.15) is 39.5 Å². The van der Waals surface area contributed by atoms with Crippen LogP contribution in [-0.4, -0.2) is 12.3 Å². The Hall–Kier alpha value is -3.05. The van der Waals surface area contributed by atoms with E-state index in [1.165, 1.54) is 44.7 Å². The van der Waals surface area contributed by atoms with Crippen molar-refractivity contribution in [3.8, 4) is 0 Å². The van der Waals surface area contributed by atoms with E-state index < -0.39 is 11.3 Å². The van der Waals surface area contributed by atoms with Gasteiger partial charge in [0.25, 0.3) is 0 Å². The van der Waals surface area contributed by atoms with E-state index in [1.54, 1.807) is 0 Å². The minimum absolute atomic E-state index is 0.988. The first kappa shape index (κ1) is 36.2. The number of rotatable bonds is 12. The fourth-order valence-corrected chi connectivity index (χ4v) is 21.2. The van der Waals surface area contributed by atoms with Gasteiger partial charge in [-0.2, -0.15) is 0 Å². The number of unbranched alkanes of at least 4 members (excludes halogenated alkanes) is 2. The fraction of sp³-hybridized carbons (Fsp3) is 0.182. The van der Waals surface area contributed by atoms with Gasteiger partial charge >= 0.3 is 304 Å². The maximum atomic E-state index is 7.88. The van der Waals surface area contributed by atoms with E-state index in [9.17, 15) is 0 Å². The molecule has 0 N–H and O–H groups in total. The Morgan fingerprint density at radius 1 is 0.375 bits per heavy atom. The van der Waals surface area contributed by atoms with Crippen molar-refractivity contribution in [3.05, 3.63) is 182 Å². The molecule has 48 heavy (non-hydrogen) atoms. The molecule has 0 amide bonds. The summed E-state index contributed by atoms with van der Waals surface area (Å²) in [6.07, 6.45) is 6.76. The summed E-state index contributed by atoms with van der Waals surface area (Å²) in [7, 11) is 0. The fourth-order valence-electron chi connectivity index (χ4n) is 7.01. The third-order valence-electron chi connectivity index (χ3n) is 9.63. The van der Waals surface area contributed by atoms with Gasteiger partial charge in [-0.05, 0) is 0 Å². The van der Waals surface area contributed by atoms with E-state index in [4.69, 9.17) is 11.2 Å². The number of hydrogen-bond acceptors (Lipinski definition) is 0. The van der Waals surface area contributed by atoms with Crippen molar-refractivity contribution in [1.29, 1.82) is 0 Å². The predicted octanol–water partition coefficient (Wildman–Crippen LogP) is 11.1. The molecule has 0 spiro atoms. The summed E-state index contributed by atoms with van der Waals surface area (Å²) in [4.78, 5) is 0. The molecular weight excluding hydrogens is 706 g/mol. The molecule has 0 aromatic heterocycles. The third-order valence-corrected chi connectivity index (χ3v) is 27.2. The van der Waals surface area contributed by atoms with Gasteiger partial charge in [0.1, 0.15) is 0 Å². The van der Waals surface area contributed by atoms with Gasteiger partial charge in [-0.1, -0.05) is 0 Å². The van der Waals surface area contributed by atoms with E-state index >= 15 is 0 Å². The number of halogens is 2. The van der Waals surface area contributed by atoms with Crippen molar-refractivity contribution in [3.63, 3.8) is 0 Å². The van der Waals surface area contributed by atoms with Gasteiger partial charge < -0.3 is 0 Å². The van der Waals surface area contributed by atoms with Crippen LogP contribution in [0.3, 0.4) is 0 Å². The van der Waals surface area contributed by atoms with Crippen molar-refractivity contribution < 1.29 is 0 Å². The summed E-state index contributed by atoms with van der Waals surface area (Å²) in [6, 6.07) is 65.2. The Bertz CT molecular complexity index is 1480.